The minimum Gasteiger partial charge on any atom is -0.373 e. The molecule has 0 heterocycles. The van der Waals surface area contributed by atoms with E-state index in [0.717, 1.165) is 12.8 Å². The summed E-state index contributed by atoms with van der Waals surface area (Å²) >= 11 is 0. The van der Waals surface area contributed by atoms with E-state index < -0.39 is 0 Å². The standard InChI is InChI=1S/C9H20O/c1-6-8(3)10-9(4,5)7-2/h8H,6-7H2,1-5H3. The van der Waals surface area contributed by atoms with Gasteiger partial charge in [0.2, 0.25) is 0 Å². The van der Waals surface area contributed by atoms with Crippen LogP contribution in [0.15, 0.2) is 0 Å². The average Bonchev–Trinajstić information content (AvgIpc) is 1.87. The van der Waals surface area contributed by atoms with Gasteiger partial charge in [-0.3, -0.25) is 0 Å². The van der Waals surface area contributed by atoms with Crippen LogP contribution in [0.1, 0.15) is 47.5 Å². The average molecular weight is 144 g/mol. The van der Waals surface area contributed by atoms with Crippen molar-refractivity contribution >= 4 is 0 Å². The van der Waals surface area contributed by atoms with Gasteiger partial charge in [-0.15, -0.1) is 0 Å². The Bertz CT molecular complexity index is 86.7. The first-order valence-corrected chi connectivity index (χ1v) is 4.19. The number of hydrogen-bond donors (Lipinski definition) is 0. The summed E-state index contributed by atoms with van der Waals surface area (Å²) < 4.78 is 5.74. The lowest BCUT2D eigenvalue weighted by Gasteiger charge is -2.27. The Balaban J connectivity index is 3.64. The monoisotopic (exact) mass is 144 g/mol. The third-order valence-corrected chi connectivity index (χ3v) is 1.95. The van der Waals surface area contributed by atoms with E-state index in [1.165, 1.54) is 0 Å². The first kappa shape index (κ1) is 9.96. The number of ether oxygens (including phenoxy) is 1. The second-order valence-corrected chi connectivity index (χ2v) is 3.45. The Labute approximate surface area is 64.8 Å². The van der Waals surface area contributed by atoms with E-state index in [9.17, 15) is 0 Å². The van der Waals surface area contributed by atoms with Crippen LogP contribution in [0.2, 0.25) is 0 Å². The van der Waals surface area contributed by atoms with Crippen molar-refractivity contribution in [1.82, 2.24) is 0 Å². The van der Waals surface area contributed by atoms with Crippen molar-refractivity contribution in [3.05, 3.63) is 0 Å². The molecule has 1 nitrogen and oxygen atoms in total. The molecule has 1 atom stereocenters. The van der Waals surface area contributed by atoms with E-state index in [1.54, 1.807) is 0 Å². The molecule has 10 heavy (non-hydrogen) atoms. The fourth-order valence-corrected chi connectivity index (χ4v) is 0.711. The van der Waals surface area contributed by atoms with E-state index in [1.807, 2.05) is 0 Å². The van der Waals surface area contributed by atoms with E-state index in [-0.39, 0.29) is 5.60 Å². The van der Waals surface area contributed by atoms with Crippen molar-refractivity contribution in [1.29, 1.82) is 0 Å². The van der Waals surface area contributed by atoms with Gasteiger partial charge >= 0.3 is 0 Å². The van der Waals surface area contributed by atoms with Gasteiger partial charge in [-0.05, 0) is 33.6 Å². The van der Waals surface area contributed by atoms with Crippen LogP contribution < -0.4 is 0 Å². The van der Waals surface area contributed by atoms with Gasteiger partial charge in [-0.2, -0.15) is 0 Å². The Kier molecular flexibility index (Phi) is 3.95. The molecule has 0 aromatic carbocycles. The highest BCUT2D eigenvalue weighted by molar-refractivity contribution is 4.66. The second kappa shape index (κ2) is 3.97. The molecule has 0 aliphatic heterocycles. The molecule has 0 aromatic rings. The van der Waals surface area contributed by atoms with Gasteiger partial charge < -0.3 is 4.74 Å². The minimum absolute atomic E-state index is 0.0649. The van der Waals surface area contributed by atoms with Gasteiger partial charge in [-0.25, -0.2) is 0 Å². The summed E-state index contributed by atoms with van der Waals surface area (Å²) in [6.07, 6.45) is 2.58. The van der Waals surface area contributed by atoms with Gasteiger partial charge in [0.15, 0.2) is 0 Å². The maximum atomic E-state index is 5.74. The SMILES string of the molecule is CCC(C)OC(C)(C)CC. The molecule has 0 aromatic heterocycles. The molecule has 0 N–H and O–H groups in total. The highest BCUT2D eigenvalue weighted by Crippen LogP contribution is 2.16. The lowest BCUT2D eigenvalue weighted by molar-refractivity contribution is -0.0663. The molecule has 1 heteroatoms. The molecular formula is C9H20O. The zero-order chi connectivity index (χ0) is 8.20. The van der Waals surface area contributed by atoms with Crippen LogP contribution in [0, 0.1) is 0 Å². The van der Waals surface area contributed by atoms with E-state index in [4.69, 9.17) is 4.74 Å². The van der Waals surface area contributed by atoms with Crippen LogP contribution in [0.4, 0.5) is 0 Å². The molecule has 1 unspecified atom stereocenters. The van der Waals surface area contributed by atoms with Gasteiger partial charge in [0, 0.05) is 0 Å². The van der Waals surface area contributed by atoms with E-state index in [2.05, 4.69) is 34.6 Å². The largest absolute Gasteiger partial charge is 0.373 e. The summed E-state index contributed by atoms with van der Waals surface area (Å²) in [7, 11) is 0. The molecule has 0 aliphatic carbocycles. The van der Waals surface area contributed by atoms with Gasteiger partial charge in [-0.1, -0.05) is 13.8 Å². The fraction of sp³-hybridized carbons (Fsp3) is 1.00. The number of hydrogen-bond acceptors (Lipinski definition) is 1. The van der Waals surface area contributed by atoms with Crippen molar-refractivity contribution in [3.63, 3.8) is 0 Å². The Morgan fingerprint density at radius 1 is 1.30 bits per heavy atom. The lowest BCUT2D eigenvalue weighted by Crippen LogP contribution is -2.27. The maximum Gasteiger partial charge on any atom is 0.0627 e. The predicted octanol–water partition coefficient (Wildman–Crippen LogP) is 2.99. The van der Waals surface area contributed by atoms with Crippen LogP contribution >= 0.6 is 0 Å². The quantitative estimate of drug-likeness (QED) is 0.589. The van der Waals surface area contributed by atoms with Gasteiger partial charge in [0.1, 0.15) is 0 Å². The van der Waals surface area contributed by atoms with Crippen LogP contribution in [0.3, 0.4) is 0 Å². The second-order valence-electron chi connectivity index (χ2n) is 3.45. The molecule has 0 radical (unpaired) electrons. The zero-order valence-electron chi connectivity index (χ0n) is 7.90. The Morgan fingerprint density at radius 2 is 1.80 bits per heavy atom. The third kappa shape index (κ3) is 3.89. The third-order valence-electron chi connectivity index (χ3n) is 1.95. The maximum absolute atomic E-state index is 5.74. The van der Waals surface area contributed by atoms with Crippen molar-refractivity contribution in [2.75, 3.05) is 0 Å². The molecular weight excluding hydrogens is 124 g/mol. The molecule has 0 rings (SSSR count). The van der Waals surface area contributed by atoms with Crippen LogP contribution in [0.5, 0.6) is 0 Å². The minimum atomic E-state index is 0.0649. The zero-order valence-corrected chi connectivity index (χ0v) is 7.90. The first-order chi connectivity index (χ1) is 4.52. The van der Waals surface area contributed by atoms with E-state index in [0.29, 0.717) is 6.10 Å². The van der Waals surface area contributed by atoms with Gasteiger partial charge in [0.25, 0.3) is 0 Å². The van der Waals surface area contributed by atoms with Crippen LogP contribution in [-0.4, -0.2) is 11.7 Å². The summed E-state index contributed by atoms with van der Waals surface area (Å²) in [5.74, 6) is 0. The Morgan fingerprint density at radius 3 is 2.10 bits per heavy atom. The molecule has 62 valence electrons. The van der Waals surface area contributed by atoms with Gasteiger partial charge in [0.05, 0.1) is 11.7 Å². The molecule has 0 fully saturated rings. The molecule has 0 amide bonds. The molecule has 0 spiro atoms. The smallest absolute Gasteiger partial charge is 0.0627 e. The summed E-state index contributed by atoms with van der Waals surface area (Å²) in [5, 5.41) is 0. The topological polar surface area (TPSA) is 9.23 Å². The van der Waals surface area contributed by atoms with Crippen molar-refractivity contribution < 1.29 is 4.74 Å². The summed E-state index contributed by atoms with van der Waals surface area (Å²) in [5.41, 5.74) is 0.0649. The highest BCUT2D eigenvalue weighted by Gasteiger charge is 2.17. The lowest BCUT2D eigenvalue weighted by atomic mass is 10.1. The number of rotatable bonds is 4. The van der Waals surface area contributed by atoms with E-state index >= 15 is 0 Å². The Hall–Kier alpha value is -0.0400. The first-order valence-electron chi connectivity index (χ1n) is 4.19. The predicted molar refractivity (Wildman–Crippen MR) is 45.2 cm³/mol. The van der Waals surface area contributed by atoms with Crippen LogP contribution in [0.25, 0.3) is 0 Å². The fourth-order valence-electron chi connectivity index (χ4n) is 0.711. The van der Waals surface area contributed by atoms with Crippen LogP contribution in [-0.2, 0) is 4.74 Å². The van der Waals surface area contributed by atoms with Crippen molar-refractivity contribution in [2.45, 2.75) is 59.2 Å². The molecule has 0 saturated heterocycles. The summed E-state index contributed by atoms with van der Waals surface area (Å²) in [6.45, 7) is 10.7. The van der Waals surface area contributed by atoms with Crippen molar-refractivity contribution in [3.8, 4) is 0 Å². The summed E-state index contributed by atoms with van der Waals surface area (Å²) in [6, 6.07) is 0. The van der Waals surface area contributed by atoms with Crippen molar-refractivity contribution in [2.24, 2.45) is 0 Å². The molecule has 0 saturated carbocycles. The molecule has 0 aliphatic rings. The molecule has 0 bridgehead atoms. The summed E-state index contributed by atoms with van der Waals surface area (Å²) in [4.78, 5) is 0. The normalized spacial score (nSPS) is 15.3. The highest BCUT2D eigenvalue weighted by atomic mass is 16.5.